The number of ether oxygens (including phenoxy) is 1. The number of halogens is 3. The SMILES string of the molecule is COc1cc(C(C)Nc2c(Br)cccc2Br)ccc1F. The molecule has 0 aliphatic heterocycles. The van der Waals surface area contributed by atoms with Crippen molar-refractivity contribution in [3.05, 3.63) is 56.7 Å². The van der Waals surface area contributed by atoms with Crippen molar-refractivity contribution in [3.8, 4) is 5.75 Å². The van der Waals surface area contributed by atoms with E-state index in [0.717, 1.165) is 20.2 Å². The molecule has 1 unspecified atom stereocenters. The molecule has 0 radical (unpaired) electrons. The Morgan fingerprint density at radius 2 is 1.80 bits per heavy atom. The fraction of sp³-hybridized carbons (Fsp3) is 0.200. The van der Waals surface area contributed by atoms with E-state index in [1.807, 2.05) is 25.1 Å². The summed E-state index contributed by atoms with van der Waals surface area (Å²) in [6.45, 7) is 2.01. The lowest BCUT2D eigenvalue weighted by Gasteiger charge is -2.19. The van der Waals surface area contributed by atoms with Crippen LogP contribution >= 0.6 is 31.9 Å². The first-order valence-electron chi connectivity index (χ1n) is 6.07. The van der Waals surface area contributed by atoms with Crippen molar-refractivity contribution in [2.75, 3.05) is 12.4 Å². The van der Waals surface area contributed by atoms with E-state index in [4.69, 9.17) is 4.74 Å². The van der Waals surface area contributed by atoms with Crippen LogP contribution in [-0.2, 0) is 0 Å². The van der Waals surface area contributed by atoms with Crippen molar-refractivity contribution >= 4 is 37.5 Å². The number of anilines is 1. The van der Waals surface area contributed by atoms with E-state index in [-0.39, 0.29) is 17.6 Å². The zero-order chi connectivity index (χ0) is 14.7. The number of nitrogens with one attached hydrogen (secondary N) is 1. The van der Waals surface area contributed by atoms with Crippen molar-refractivity contribution in [1.29, 1.82) is 0 Å². The normalized spacial score (nSPS) is 12.1. The molecule has 0 aliphatic carbocycles. The van der Waals surface area contributed by atoms with Gasteiger partial charge in [0, 0.05) is 15.0 Å². The van der Waals surface area contributed by atoms with Gasteiger partial charge in [-0.25, -0.2) is 4.39 Å². The molecule has 2 aromatic carbocycles. The predicted molar refractivity (Wildman–Crippen MR) is 86.8 cm³/mol. The summed E-state index contributed by atoms with van der Waals surface area (Å²) < 4.78 is 20.4. The number of hydrogen-bond donors (Lipinski definition) is 1. The third kappa shape index (κ3) is 3.33. The van der Waals surface area contributed by atoms with Crippen LogP contribution in [0.25, 0.3) is 0 Å². The number of hydrogen-bond acceptors (Lipinski definition) is 2. The molecule has 2 rings (SSSR count). The lowest BCUT2D eigenvalue weighted by atomic mass is 10.1. The molecule has 0 spiro atoms. The fourth-order valence-corrected chi connectivity index (χ4v) is 3.11. The van der Waals surface area contributed by atoms with Gasteiger partial charge in [-0.2, -0.15) is 0 Å². The molecular weight excluding hydrogens is 389 g/mol. The van der Waals surface area contributed by atoms with E-state index >= 15 is 0 Å². The molecule has 106 valence electrons. The van der Waals surface area contributed by atoms with Crippen LogP contribution in [0.1, 0.15) is 18.5 Å². The Kier molecular flexibility index (Phi) is 5.05. The van der Waals surface area contributed by atoms with Crippen molar-refractivity contribution in [1.82, 2.24) is 0 Å². The van der Waals surface area contributed by atoms with E-state index in [2.05, 4.69) is 37.2 Å². The number of rotatable bonds is 4. The summed E-state index contributed by atoms with van der Waals surface area (Å²) in [6, 6.07) is 10.8. The molecule has 0 fully saturated rings. The van der Waals surface area contributed by atoms with Gasteiger partial charge in [0.25, 0.3) is 0 Å². The van der Waals surface area contributed by atoms with Crippen LogP contribution in [0.3, 0.4) is 0 Å². The van der Waals surface area contributed by atoms with Crippen LogP contribution in [-0.4, -0.2) is 7.11 Å². The maximum atomic E-state index is 13.4. The van der Waals surface area contributed by atoms with Crippen molar-refractivity contribution in [3.63, 3.8) is 0 Å². The van der Waals surface area contributed by atoms with Gasteiger partial charge in [-0.3, -0.25) is 0 Å². The minimum Gasteiger partial charge on any atom is -0.494 e. The summed E-state index contributed by atoms with van der Waals surface area (Å²) in [7, 11) is 1.46. The van der Waals surface area contributed by atoms with Gasteiger partial charge in [0.15, 0.2) is 11.6 Å². The van der Waals surface area contributed by atoms with E-state index in [1.54, 1.807) is 12.1 Å². The summed E-state index contributed by atoms with van der Waals surface area (Å²) in [5, 5.41) is 3.39. The van der Waals surface area contributed by atoms with Gasteiger partial charge < -0.3 is 10.1 Å². The first-order valence-corrected chi connectivity index (χ1v) is 7.65. The second-order valence-corrected chi connectivity index (χ2v) is 6.07. The van der Waals surface area contributed by atoms with Crippen LogP contribution in [0.2, 0.25) is 0 Å². The number of para-hydroxylation sites is 1. The lowest BCUT2D eigenvalue weighted by Crippen LogP contribution is -2.08. The first-order chi connectivity index (χ1) is 9.52. The topological polar surface area (TPSA) is 21.3 Å². The Hall–Kier alpha value is -1.07. The van der Waals surface area contributed by atoms with E-state index < -0.39 is 0 Å². The minimum atomic E-state index is -0.356. The van der Waals surface area contributed by atoms with Crippen molar-refractivity contribution in [2.45, 2.75) is 13.0 Å². The lowest BCUT2D eigenvalue weighted by molar-refractivity contribution is 0.385. The smallest absolute Gasteiger partial charge is 0.165 e. The molecule has 2 aromatic rings. The highest BCUT2D eigenvalue weighted by atomic mass is 79.9. The Labute approximate surface area is 134 Å². The maximum Gasteiger partial charge on any atom is 0.165 e. The highest BCUT2D eigenvalue weighted by Crippen LogP contribution is 2.34. The van der Waals surface area contributed by atoms with Crippen LogP contribution in [0.15, 0.2) is 45.3 Å². The minimum absolute atomic E-state index is 0.0134. The summed E-state index contributed by atoms with van der Waals surface area (Å²) in [4.78, 5) is 0. The number of methoxy groups -OCH3 is 1. The quantitative estimate of drug-likeness (QED) is 0.725. The third-order valence-corrected chi connectivity index (χ3v) is 4.32. The molecule has 0 heterocycles. The van der Waals surface area contributed by atoms with Gasteiger partial charge in [0.1, 0.15) is 0 Å². The van der Waals surface area contributed by atoms with Crippen LogP contribution in [0, 0.1) is 5.82 Å². The van der Waals surface area contributed by atoms with Crippen LogP contribution < -0.4 is 10.1 Å². The molecule has 5 heteroatoms. The molecule has 0 aromatic heterocycles. The van der Waals surface area contributed by atoms with E-state index in [9.17, 15) is 4.39 Å². The monoisotopic (exact) mass is 401 g/mol. The average molecular weight is 403 g/mol. The molecule has 0 saturated carbocycles. The molecule has 0 bridgehead atoms. The molecule has 0 saturated heterocycles. The van der Waals surface area contributed by atoms with Gasteiger partial charge in [0.05, 0.1) is 12.8 Å². The second-order valence-electron chi connectivity index (χ2n) is 4.36. The number of benzene rings is 2. The van der Waals surface area contributed by atoms with Crippen LogP contribution in [0.4, 0.5) is 10.1 Å². The summed E-state index contributed by atoms with van der Waals surface area (Å²) in [5.74, 6) is -0.104. The zero-order valence-corrected chi connectivity index (χ0v) is 14.3. The molecule has 2 nitrogen and oxygen atoms in total. The molecule has 0 aliphatic rings. The van der Waals surface area contributed by atoms with Gasteiger partial charge in [0.2, 0.25) is 0 Å². The maximum absolute atomic E-state index is 13.4. The van der Waals surface area contributed by atoms with Crippen molar-refractivity contribution in [2.24, 2.45) is 0 Å². The molecule has 20 heavy (non-hydrogen) atoms. The highest BCUT2D eigenvalue weighted by Gasteiger charge is 2.12. The van der Waals surface area contributed by atoms with E-state index in [1.165, 1.54) is 13.2 Å². The summed E-state index contributed by atoms with van der Waals surface area (Å²) >= 11 is 7.02. The standard InChI is InChI=1S/C15H14Br2FNO/c1-9(10-6-7-13(18)14(8-10)20-2)19-15-11(16)4-3-5-12(15)17/h3-9,19H,1-2H3. The van der Waals surface area contributed by atoms with Crippen LogP contribution in [0.5, 0.6) is 5.75 Å². The average Bonchev–Trinajstić information content (AvgIpc) is 2.43. The van der Waals surface area contributed by atoms with Gasteiger partial charge in [-0.1, -0.05) is 12.1 Å². The Morgan fingerprint density at radius 3 is 2.40 bits per heavy atom. The molecule has 1 atom stereocenters. The first kappa shape index (κ1) is 15.3. The van der Waals surface area contributed by atoms with E-state index in [0.29, 0.717) is 0 Å². The molecule has 1 N–H and O–H groups in total. The summed E-state index contributed by atoms with van der Waals surface area (Å²) in [5.41, 5.74) is 1.91. The molecular formula is C15H14Br2FNO. The third-order valence-electron chi connectivity index (χ3n) is 3.00. The largest absolute Gasteiger partial charge is 0.494 e. The summed E-state index contributed by atoms with van der Waals surface area (Å²) in [6.07, 6.45) is 0. The van der Waals surface area contributed by atoms with Gasteiger partial charge >= 0.3 is 0 Å². The Balaban J connectivity index is 2.26. The predicted octanol–water partition coefficient (Wildman–Crippen LogP) is 5.53. The zero-order valence-electron chi connectivity index (χ0n) is 11.1. The fourth-order valence-electron chi connectivity index (χ4n) is 1.88. The Morgan fingerprint density at radius 1 is 1.15 bits per heavy atom. The van der Waals surface area contributed by atoms with Gasteiger partial charge in [-0.15, -0.1) is 0 Å². The highest BCUT2D eigenvalue weighted by molar-refractivity contribution is 9.11. The molecule has 0 amide bonds. The van der Waals surface area contributed by atoms with Crippen molar-refractivity contribution < 1.29 is 9.13 Å². The van der Waals surface area contributed by atoms with Gasteiger partial charge in [-0.05, 0) is 68.6 Å². The Bertz CT molecular complexity index is 599. The second kappa shape index (κ2) is 6.59.